The normalized spacial score (nSPS) is 10.9. The summed E-state index contributed by atoms with van der Waals surface area (Å²) in [5.41, 5.74) is 5.08. The van der Waals surface area contributed by atoms with E-state index in [1.807, 2.05) is 72.8 Å². The second kappa shape index (κ2) is 23.7. The summed E-state index contributed by atoms with van der Waals surface area (Å²) in [4.78, 5) is 24.9. The van der Waals surface area contributed by atoms with Crippen molar-refractivity contribution in [1.82, 2.24) is 0 Å². The molecule has 0 unspecified atom stereocenters. The third-order valence-corrected chi connectivity index (χ3v) is 8.44. The summed E-state index contributed by atoms with van der Waals surface area (Å²) in [6, 6.07) is 30.7. The lowest BCUT2D eigenvalue weighted by atomic mass is 10.0. The molecule has 4 aromatic carbocycles. The van der Waals surface area contributed by atoms with Gasteiger partial charge >= 0.3 is 11.9 Å². The molecular weight excluding hydrogens is 656 g/mol. The Kier molecular flexibility index (Phi) is 18.3. The van der Waals surface area contributed by atoms with Crippen molar-refractivity contribution in [3.63, 3.8) is 0 Å². The number of ether oxygens (including phenoxy) is 6. The molecule has 0 N–H and O–H groups in total. The van der Waals surface area contributed by atoms with Crippen molar-refractivity contribution < 1.29 is 38.0 Å². The summed E-state index contributed by atoms with van der Waals surface area (Å²) in [6.07, 6.45) is 9.43. The minimum atomic E-state index is -0.401. The maximum Gasteiger partial charge on any atom is 0.338 e. The van der Waals surface area contributed by atoms with Gasteiger partial charge in [0.05, 0.1) is 50.8 Å². The largest absolute Gasteiger partial charge is 0.494 e. The third kappa shape index (κ3) is 14.5. The summed E-state index contributed by atoms with van der Waals surface area (Å²) in [5, 5.41) is 0. The van der Waals surface area contributed by atoms with E-state index >= 15 is 0 Å². The van der Waals surface area contributed by atoms with Gasteiger partial charge in [-0.1, -0.05) is 101 Å². The van der Waals surface area contributed by atoms with E-state index in [-0.39, 0.29) is 26.4 Å². The molecule has 0 aliphatic rings. The highest BCUT2D eigenvalue weighted by Crippen LogP contribution is 2.25. The van der Waals surface area contributed by atoms with Crippen LogP contribution in [-0.2, 0) is 18.9 Å². The lowest BCUT2D eigenvalue weighted by Gasteiger charge is -2.09. The first-order chi connectivity index (χ1) is 25.6. The van der Waals surface area contributed by atoms with Crippen LogP contribution in [0.1, 0.15) is 85.9 Å². The van der Waals surface area contributed by atoms with E-state index in [1.165, 1.54) is 38.5 Å². The van der Waals surface area contributed by atoms with Crippen LogP contribution in [0.2, 0.25) is 0 Å². The molecule has 0 atom stereocenters. The molecule has 0 saturated carbocycles. The molecule has 0 amide bonds. The Hall–Kier alpha value is -4.66. The molecule has 0 aliphatic heterocycles. The first kappa shape index (κ1) is 40.1. The van der Waals surface area contributed by atoms with E-state index < -0.39 is 11.9 Å². The smallest absolute Gasteiger partial charge is 0.338 e. The second-order valence-corrected chi connectivity index (χ2v) is 12.5. The second-order valence-electron chi connectivity index (χ2n) is 12.5. The van der Waals surface area contributed by atoms with Crippen LogP contribution in [0.25, 0.3) is 22.3 Å². The van der Waals surface area contributed by atoms with Crippen LogP contribution in [0.4, 0.5) is 0 Å². The predicted octanol–water partition coefficient (Wildman–Crippen LogP) is 9.99. The highest BCUT2D eigenvalue weighted by Gasteiger charge is 2.10. The van der Waals surface area contributed by atoms with Crippen LogP contribution in [0.5, 0.6) is 11.5 Å². The van der Waals surface area contributed by atoms with E-state index in [0.29, 0.717) is 24.3 Å². The summed E-state index contributed by atoms with van der Waals surface area (Å²) in [5.74, 6) is 0.931. The Labute approximate surface area is 309 Å². The highest BCUT2D eigenvalue weighted by atomic mass is 16.6. The summed E-state index contributed by atoms with van der Waals surface area (Å²) < 4.78 is 33.3. The van der Waals surface area contributed by atoms with Gasteiger partial charge in [-0.25, -0.2) is 9.59 Å². The molecular formula is C44H54O8. The number of rotatable bonds is 25. The first-order valence-electron chi connectivity index (χ1n) is 18.7. The van der Waals surface area contributed by atoms with E-state index in [0.717, 1.165) is 59.8 Å². The van der Waals surface area contributed by atoms with Crippen LogP contribution in [-0.4, -0.2) is 64.8 Å². The van der Waals surface area contributed by atoms with Crippen molar-refractivity contribution in [3.05, 3.63) is 108 Å². The molecule has 278 valence electrons. The highest BCUT2D eigenvalue weighted by molar-refractivity contribution is 5.90. The number of benzene rings is 4. The summed E-state index contributed by atoms with van der Waals surface area (Å²) in [7, 11) is 0. The topological polar surface area (TPSA) is 89.5 Å². The van der Waals surface area contributed by atoms with Crippen molar-refractivity contribution in [2.24, 2.45) is 0 Å². The Morgan fingerprint density at radius 1 is 0.385 bits per heavy atom. The molecule has 0 heterocycles. The zero-order chi connectivity index (χ0) is 36.6. The Morgan fingerprint density at radius 3 is 1.06 bits per heavy atom. The average Bonchev–Trinajstić information content (AvgIpc) is 3.19. The van der Waals surface area contributed by atoms with E-state index in [9.17, 15) is 9.59 Å². The zero-order valence-electron chi connectivity index (χ0n) is 30.8. The van der Waals surface area contributed by atoms with E-state index in [4.69, 9.17) is 28.4 Å². The van der Waals surface area contributed by atoms with Crippen LogP contribution >= 0.6 is 0 Å². The van der Waals surface area contributed by atoms with Crippen LogP contribution < -0.4 is 9.47 Å². The van der Waals surface area contributed by atoms with Gasteiger partial charge in [-0.2, -0.15) is 0 Å². The maximum absolute atomic E-state index is 12.4. The molecule has 0 aliphatic carbocycles. The van der Waals surface area contributed by atoms with Crippen molar-refractivity contribution in [3.8, 4) is 33.8 Å². The minimum Gasteiger partial charge on any atom is -0.494 e. The van der Waals surface area contributed by atoms with Gasteiger partial charge in [0.25, 0.3) is 0 Å². The quantitative estimate of drug-likeness (QED) is 0.0496. The molecule has 0 bridgehead atoms. The summed E-state index contributed by atoms with van der Waals surface area (Å²) >= 11 is 0. The van der Waals surface area contributed by atoms with Crippen LogP contribution in [0.15, 0.2) is 97.1 Å². The van der Waals surface area contributed by atoms with Gasteiger partial charge in [0.15, 0.2) is 0 Å². The van der Waals surface area contributed by atoms with Crippen molar-refractivity contribution in [2.75, 3.05) is 52.9 Å². The number of unbranched alkanes of at least 4 members (excludes halogenated alkanes) is 6. The zero-order valence-corrected chi connectivity index (χ0v) is 30.8. The molecule has 0 aromatic heterocycles. The molecule has 0 saturated heterocycles. The lowest BCUT2D eigenvalue weighted by molar-refractivity contribution is 0.00230. The number of carbonyl (C=O) groups excluding carboxylic acids is 2. The fraction of sp³-hybridized carbons (Fsp3) is 0.409. The fourth-order valence-electron chi connectivity index (χ4n) is 5.40. The van der Waals surface area contributed by atoms with Crippen molar-refractivity contribution >= 4 is 11.9 Å². The number of carbonyl (C=O) groups is 2. The van der Waals surface area contributed by atoms with Crippen LogP contribution in [0, 0.1) is 0 Å². The van der Waals surface area contributed by atoms with Crippen molar-refractivity contribution in [1.29, 1.82) is 0 Å². The molecule has 0 fully saturated rings. The molecule has 8 heteroatoms. The van der Waals surface area contributed by atoms with Gasteiger partial charge in [0.2, 0.25) is 0 Å². The van der Waals surface area contributed by atoms with E-state index in [1.54, 1.807) is 24.3 Å². The number of hydrogen-bond donors (Lipinski definition) is 0. The molecule has 52 heavy (non-hydrogen) atoms. The molecule has 4 aromatic rings. The van der Waals surface area contributed by atoms with Gasteiger partial charge < -0.3 is 28.4 Å². The van der Waals surface area contributed by atoms with Gasteiger partial charge in [-0.3, -0.25) is 0 Å². The average molecular weight is 711 g/mol. The van der Waals surface area contributed by atoms with Gasteiger partial charge in [0, 0.05) is 0 Å². The van der Waals surface area contributed by atoms with Crippen LogP contribution in [0.3, 0.4) is 0 Å². The van der Waals surface area contributed by atoms with Gasteiger partial charge in [-0.15, -0.1) is 0 Å². The molecule has 4 rings (SSSR count). The molecule has 8 nitrogen and oxygen atoms in total. The Bertz CT molecular complexity index is 1440. The lowest BCUT2D eigenvalue weighted by Crippen LogP contribution is -2.15. The molecule has 0 radical (unpaired) electrons. The summed E-state index contributed by atoms with van der Waals surface area (Å²) in [6.45, 7) is 7.30. The first-order valence-corrected chi connectivity index (χ1v) is 18.7. The third-order valence-electron chi connectivity index (χ3n) is 8.44. The van der Waals surface area contributed by atoms with Gasteiger partial charge in [-0.05, 0) is 83.6 Å². The number of esters is 2. The predicted molar refractivity (Wildman–Crippen MR) is 205 cm³/mol. The van der Waals surface area contributed by atoms with Crippen molar-refractivity contribution in [2.45, 2.75) is 65.2 Å². The maximum atomic E-state index is 12.4. The molecule has 0 spiro atoms. The monoisotopic (exact) mass is 710 g/mol. The Morgan fingerprint density at radius 2 is 0.712 bits per heavy atom. The Balaban J connectivity index is 1.02. The van der Waals surface area contributed by atoms with Gasteiger partial charge in [0.1, 0.15) is 24.7 Å². The standard InChI is InChI=1S/C44H54O8/c1-3-5-7-9-27-49-41-23-19-37(20-24-41)35-11-15-39(16-12-35)43(45)51-33-31-47-29-30-48-32-34-52-44(46)40-17-13-36(14-18-40)38-21-25-42(26-22-38)50-28-10-8-6-4-2/h11-26H,3-10,27-34H2,1-2H3. The fourth-order valence-corrected chi connectivity index (χ4v) is 5.40. The number of hydrogen-bond acceptors (Lipinski definition) is 8. The minimum absolute atomic E-state index is 0.135. The SMILES string of the molecule is CCCCCCOc1ccc(-c2ccc(C(=O)OCCOCCOCCOC(=O)c3ccc(-c4ccc(OCCCCCC)cc4)cc3)cc2)cc1. The van der Waals surface area contributed by atoms with E-state index in [2.05, 4.69) is 13.8 Å².